The lowest BCUT2D eigenvalue weighted by atomic mass is 10.1. The first-order chi connectivity index (χ1) is 10.2. The van der Waals surface area contributed by atoms with Crippen molar-refractivity contribution in [2.75, 3.05) is 0 Å². The van der Waals surface area contributed by atoms with Crippen molar-refractivity contribution in [3.05, 3.63) is 42.1 Å². The molecule has 0 saturated heterocycles. The van der Waals surface area contributed by atoms with E-state index in [0.29, 0.717) is 6.42 Å². The Kier molecular flexibility index (Phi) is 3.68. The fourth-order valence-electron chi connectivity index (χ4n) is 2.63. The molecule has 0 amide bonds. The molecule has 110 valence electrons. The Morgan fingerprint density at radius 2 is 2.14 bits per heavy atom. The smallest absolute Gasteiger partial charge is 0.138 e. The molecular weight excluding hydrogens is 266 g/mol. The number of hydrazine groups is 1. The number of hydrogen-bond acceptors (Lipinski definition) is 5. The fourth-order valence-corrected chi connectivity index (χ4v) is 2.63. The van der Waals surface area contributed by atoms with E-state index in [-0.39, 0.29) is 6.04 Å². The molecule has 0 bridgehead atoms. The lowest BCUT2D eigenvalue weighted by molar-refractivity contribution is 0.497. The Morgan fingerprint density at radius 3 is 2.90 bits per heavy atom. The number of aromatic nitrogens is 5. The third-order valence-corrected chi connectivity index (χ3v) is 3.70. The second-order valence-corrected chi connectivity index (χ2v) is 4.94. The van der Waals surface area contributed by atoms with Gasteiger partial charge in [0.05, 0.1) is 17.3 Å². The first kappa shape index (κ1) is 13.7. The Hall–Kier alpha value is -2.25. The van der Waals surface area contributed by atoms with Gasteiger partial charge in [-0.05, 0) is 13.0 Å². The average molecular weight is 285 g/mol. The zero-order chi connectivity index (χ0) is 14.8. The van der Waals surface area contributed by atoms with Crippen molar-refractivity contribution in [2.24, 2.45) is 12.9 Å². The van der Waals surface area contributed by atoms with Crippen LogP contribution in [0.25, 0.3) is 10.9 Å². The number of aryl methyl sites for hydroxylation is 2. The SMILES string of the molecule is CCn1ncnc1CC(NN)c1nn(C)c2ccccc12. The third-order valence-electron chi connectivity index (χ3n) is 3.70. The summed E-state index contributed by atoms with van der Waals surface area (Å²) in [6, 6.07) is 8.02. The Labute approximate surface area is 122 Å². The van der Waals surface area contributed by atoms with Gasteiger partial charge in [0.25, 0.3) is 0 Å². The van der Waals surface area contributed by atoms with Crippen molar-refractivity contribution in [1.82, 2.24) is 30.0 Å². The maximum Gasteiger partial charge on any atom is 0.138 e. The van der Waals surface area contributed by atoms with Crippen LogP contribution in [0, 0.1) is 0 Å². The maximum absolute atomic E-state index is 5.76. The van der Waals surface area contributed by atoms with Gasteiger partial charge < -0.3 is 0 Å². The molecule has 1 unspecified atom stereocenters. The zero-order valence-corrected chi connectivity index (χ0v) is 12.2. The number of rotatable bonds is 5. The summed E-state index contributed by atoms with van der Waals surface area (Å²) in [5.41, 5.74) is 4.88. The quantitative estimate of drug-likeness (QED) is 0.538. The molecule has 0 aliphatic carbocycles. The number of para-hydroxylation sites is 1. The molecule has 1 atom stereocenters. The van der Waals surface area contributed by atoms with Crippen LogP contribution in [0.5, 0.6) is 0 Å². The van der Waals surface area contributed by atoms with Gasteiger partial charge in [-0.3, -0.25) is 20.6 Å². The van der Waals surface area contributed by atoms with Crippen LogP contribution in [-0.4, -0.2) is 24.5 Å². The molecule has 7 heteroatoms. The molecule has 2 aromatic heterocycles. The zero-order valence-electron chi connectivity index (χ0n) is 12.2. The predicted molar refractivity (Wildman–Crippen MR) is 80.2 cm³/mol. The number of nitrogens with zero attached hydrogens (tertiary/aromatic N) is 5. The molecule has 0 fully saturated rings. The minimum atomic E-state index is -0.106. The lowest BCUT2D eigenvalue weighted by Gasteiger charge is -2.14. The predicted octanol–water partition coefficient (Wildman–Crippen LogP) is 0.932. The molecule has 1 aromatic carbocycles. The molecule has 0 aliphatic heterocycles. The van der Waals surface area contributed by atoms with E-state index in [1.807, 2.05) is 41.5 Å². The van der Waals surface area contributed by atoms with Crippen LogP contribution in [0.3, 0.4) is 0 Å². The summed E-state index contributed by atoms with van der Waals surface area (Å²) < 4.78 is 3.75. The lowest BCUT2D eigenvalue weighted by Crippen LogP contribution is -2.31. The van der Waals surface area contributed by atoms with Crippen molar-refractivity contribution in [3.8, 4) is 0 Å². The van der Waals surface area contributed by atoms with Crippen molar-refractivity contribution in [2.45, 2.75) is 25.9 Å². The molecule has 3 rings (SSSR count). The second-order valence-electron chi connectivity index (χ2n) is 4.94. The highest BCUT2D eigenvalue weighted by molar-refractivity contribution is 5.82. The summed E-state index contributed by atoms with van der Waals surface area (Å²) in [5, 5.41) is 9.91. The highest BCUT2D eigenvalue weighted by Crippen LogP contribution is 2.24. The first-order valence-corrected chi connectivity index (χ1v) is 6.99. The third kappa shape index (κ3) is 2.41. The van der Waals surface area contributed by atoms with E-state index >= 15 is 0 Å². The highest BCUT2D eigenvalue weighted by atomic mass is 15.3. The molecule has 3 aromatic rings. The van der Waals surface area contributed by atoms with E-state index in [4.69, 9.17) is 5.84 Å². The molecule has 0 radical (unpaired) electrons. The largest absolute Gasteiger partial charge is 0.271 e. The second kappa shape index (κ2) is 5.63. The van der Waals surface area contributed by atoms with Gasteiger partial charge in [-0.1, -0.05) is 18.2 Å². The van der Waals surface area contributed by atoms with Gasteiger partial charge in [-0.25, -0.2) is 4.98 Å². The van der Waals surface area contributed by atoms with Crippen LogP contribution in [0.4, 0.5) is 0 Å². The summed E-state index contributed by atoms with van der Waals surface area (Å²) in [6.07, 6.45) is 2.22. The van der Waals surface area contributed by atoms with Crippen LogP contribution in [0.15, 0.2) is 30.6 Å². The summed E-state index contributed by atoms with van der Waals surface area (Å²) in [7, 11) is 1.94. The molecule has 3 N–H and O–H groups in total. The Bertz CT molecular complexity index is 743. The number of nitrogens with two attached hydrogens (primary N) is 1. The van der Waals surface area contributed by atoms with Gasteiger partial charge in [0, 0.05) is 25.4 Å². The molecule has 0 aliphatic rings. The van der Waals surface area contributed by atoms with E-state index < -0.39 is 0 Å². The summed E-state index contributed by atoms with van der Waals surface area (Å²) in [4.78, 5) is 4.31. The van der Waals surface area contributed by atoms with Gasteiger partial charge in [0.1, 0.15) is 12.2 Å². The molecule has 2 heterocycles. The molecule has 21 heavy (non-hydrogen) atoms. The van der Waals surface area contributed by atoms with Crippen molar-refractivity contribution < 1.29 is 0 Å². The van der Waals surface area contributed by atoms with E-state index in [9.17, 15) is 0 Å². The normalized spacial score (nSPS) is 12.9. The van der Waals surface area contributed by atoms with Gasteiger partial charge in [-0.15, -0.1) is 0 Å². The van der Waals surface area contributed by atoms with Gasteiger partial charge in [0.15, 0.2) is 0 Å². The van der Waals surface area contributed by atoms with Gasteiger partial charge >= 0.3 is 0 Å². The van der Waals surface area contributed by atoms with Crippen LogP contribution in [0.2, 0.25) is 0 Å². The number of fused-ring (bicyclic) bond motifs is 1. The monoisotopic (exact) mass is 285 g/mol. The summed E-state index contributed by atoms with van der Waals surface area (Å²) in [5.74, 6) is 6.65. The van der Waals surface area contributed by atoms with Crippen LogP contribution >= 0.6 is 0 Å². The molecular formula is C14H19N7. The topological polar surface area (TPSA) is 86.6 Å². The average Bonchev–Trinajstić information content (AvgIpc) is 3.10. The summed E-state index contributed by atoms with van der Waals surface area (Å²) >= 11 is 0. The number of hydrogen-bond donors (Lipinski definition) is 2. The molecule has 0 spiro atoms. The number of benzene rings is 1. The minimum absolute atomic E-state index is 0.106. The van der Waals surface area contributed by atoms with Crippen LogP contribution < -0.4 is 11.3 Å². The van der Waals surface area contributed by atoms with E-state index in [2.05, 4.69) is 26.7 Å². The van der Waals surface area contributed by atoms with E-state index in [1.54, 1.807) is 6.33 Å². The molecule has 7 nitrogen and oxygen atoms in total. The van der Waals surface area contributed by atoms with Crippen molar-refractivity contribution in [1.29, 1.82) is 0 Å². The molecule has 0 saturated carbocycles. The van der Waals surface area contributed by atoms with Gasteiger partial charge in [-0.2, -0.15) is 10.2 Å². The first-order valence-electron chi connectivity index (χ1n) is 6.99. The Balaban J connectivity index is 1.99. The minimum Gasteiger partial charge on any atom is -0.271 e. The standard InChI is InChI=1S/C14H19N7/c1-3-21-13(16-9-17-21)8-11(18-15)14-10-6-4-5-7-12(10)20(2)19-14/h4-7,9,11,18H,3,8,15H2,1-2H3. The van der Waals surface area contributed by atoms with E-state index in [1.165, 1.54) is 0 Å². The van der Waals surface area contributed by atoms with Crippen molar-refractivity contribution in [3.63, 3.8) is 0 Å². The Morgan fingerprint density at radius 1 is 1.33 bits per heavy atom. The summed E-state index contributed by atoms with van der Waals surface area (Å²) in [6.45, 7) is 2.83. The van der Waals surface area contributed by atoms with E-state index in [0.717, 1.165) is 29.0 Å². The highest BCUT2D eigenvalue weighted by Gasteiger charge is 2.20. The van der Waals surface area contributed by atoms with Crippen LogP contribution in [-0.2, 0) is 20.0 Å². The van der Waals surface area contributed by atoms with Crippen LogP contribution in [0.1, 0.15) is 24.5 Å². The van der Waals surface area contributed by atoms with Crippen molar-refractivity contribution >= 4 is 10.9 Å². The fraction of sp³-hybridized carbons (Fsp3) is 0.357. The number of nitrogens with one attached hydrogen (secondary N) is 1. The maximum atomic E-state index is 5.76. The van der Waals surface area contributed by atoms with Gasteiger partial charge in [0.2, 0.25) is 0 Å².